The number of rotatable bonds is 10. The van der Waals surface area contributed by atoms with Gasteiger partial charge in [-0.15, -0.1) is 0 Å². The Labute approximate surface area is 197 Å². The van der Waals surface area contributed by atoms with Crippen LogP contribution in [0.15, 0.2) is 60.8 Å². The van der Waals surface area contributed by atoms with Crippen molar-refractivity contribution in [3.8, 4) is 11.1 Å². The maximum Gasteiger partial charge on any atom is 0.407 e. The van der Waals surface area contributed by atoms with E-state index in [2.05, 4.69) is 30.8 Å². The number of aromatic amines is 1. The maximum atomic E-state index is 12.6. The summed E-state index contributed by atoms with van der Waals surface area (Å²) < 4.78 is 9.73. The molecule has 3 aromatic rings. The summed E-state index contributed by atoms with van der Waals surface area (Å²) in [4.78, 5) is 36.9. The third kappa shape index (κ3) is 6.89. The van der Waals surface area contributed by atoms with Gasteiger partial charge in [0, 0.05) is 6.04 Å². The molecule has 0 unspecified atom stereocenters. The zero-order valence-corrected chi connectivity index (χ0v) is 19.0. The predicted octanol–water partition coefficient (Wildman–Crippen LogP) is 2.49. The standard InChI is InChI=1S/C24H27N5O5/c1-3-34-23(31)20(27-24(32)33-2)14-19(26-22(30)21-15-25-29-28-21)13-16-9-11-18(12-10-16)17-7-5-4-6-8-17/h4-12,15,19-20H,3,13-14H2,1-2H3,(H,26,30)(H,27,32)(H,25,28,29)/t19-,20-/m1/s1. The Morgan fingerprint density at radius 2 is 1.71 bits per heavy atom. The van der Waals surface area contributed by atoms with Crippen LogP contribution in [0.3, 0.4) is 0 Å². The van der Waals surface area contributed by atoms with E-state index in [1.54, 1.807) is 6.92 Å². The van der Waals surface area contributed by atoms with Crippen LogP contribution in [0.1, 0.15) is 29.4 Å². The van der Waals surface area contributed by atoms with Crippen molar-refractivity contribution in [3.05, 3.63) is 72.1 Å². The number of carbonyl (C=O) groups is 3. The molecule has 0 saturated carbocycles. The number of benzene rings is 2. The molecule has 3 N–H and O–H groups in total. The van der Waals surface area contributed by atoms with Crippen molar-refractivity contribution >= 4 is 18.0 Å². The molecule has 0 spiro atoms. The predicted molar refractivity (Wildman–Crippen MR) is 124 cm³/mol. The number of nitrogens with zero attached hydrogens (tertiary/aromatic N) is 2. The second-order valence-corrected chi connectivity index (χ2v) is 7.47. The molecule has 178 valence electrons. The molecular formula is C24H27N5O5. The number of carbonyl (C=O) groups excluding carboxylic acids is 3. The first-order valence-electron chi connectivity index (χ1n) is 10.8. The molecule has 2 atom stereocenters. The lowest BCUT2D eigenvalue weighted by Crippen LogP contribution is -2.48. The molecule has 1 aromatic heterocycles. The minimum absolute atomic E-state index is 0.0813. The van der Waals surface area contributed by atoms with E-state index in [-0.39, 0.29) is 18.7 Å². The average molecular weight is 466 g/mol. The van der Waals surface area contributed by atoms with Gasteiger partial charge in [-0.1, -0.05) is 54.6 Å². The van der Waals surface area contributed by atoms with E-state index in [1.165, 1.54) is 13.3 Å². The molecule has 0 radical (unpaired) electrons. The summed E-state index contributed by atoms with van der Waals surface area (Å²) in [6, 6.07) is 16.3. The Morgan fingerprint density at radius 3 is 2.32 bits per heavy atom. The van der Waals surface area contributed by atoms with Crippen LogP contribution in [-0.2, 0) is 20.7 Å². The number of hydrogen-bond donors (Lipinski definition) is 3. The number of esters is 1. The topological polar surface area (TPSA) is 135 Å². The monoisotopic (exact) mass is 465 g/mol. The van der Waals surface area contributed by atoms with Crippen LogP contribution >= 0.6 is 0 Å². The molecule has 2 amide bonds. The van der Waals surface area contributed by atoms with E-state index in [0.717, 1.165) is 16.7 Å². The van der Waals surface area contributed by atoms with Crippen LogP contribution in [0, 0.1) is 0 Å². The molecule has 10 heteroatoms. The first-order chi connectivity index (χ1) is 16.5. The maximum absolute atomic E-state index is 12.6. The fourth-order valence-corrected chi connectivity index (χ4v) is 3.45. The van der Waals surface area contributed by atoms with Crippen LogP contribution in [0.4, 0.5) is 4.79 Å². The van der Waals surface area contributed by atoms with Gasteiger partial charge in [0.05, 0.1) is 19.9 Å². The second-order valence-electron chi connectivity index (χ2n) is 7.47. The quantitative estimate of drug-likeness (QED) is 0.392. The Morgan fingerprint density at radius 1 is 1.00 bits per heavy atom. The van der Waals surface area contributed by atoms with E-state index in [4.69, 9.17) is 4.74 Å². The van der Waals surface area contributed by atoms with Crippen LogP contribution in [0.2, 0.25) is 0 Å². The zero-order chi connectivity index (χ0) is 24.3. The minimum Gasteiger partial charge on any atom is -0.464 e. The summed E-state index contributed by atoms with van der Waals surface area (Å²) in [7, 11) is 1.20. The van der Waals surface area contributed by atoms with Gasteiger partial charge in [-0.3, -0.25) is 4.79 Å². The highest BCUT2D eigenvalue weighted by molar-refractivity contribution is 5.92. The third-order valence-corrected chi connectivity index (χ3v) is 5.09. The van der Waals surface area contributed by atoms with Crippen LogP contribution in [0.5, 0.6) is 0 Å². The lowest BCUT2D eigenvalue weighted by molar-refractivity contribution is -0.145. The molecular weight excluding hydrogens is 438 g/mol. The van der Waals surface area contributed by atoms with Gasteiger partial charge in [-0.25, -0.2) is 9.59 Å². The van der Waals surface area contributed by atoms with Gasteiger partial charge in [0.15, 0.2) is 5.69 Å². The number of ether oxygens (including phenoxy) is 2. The van der Waals surface area contributed by atoms with Crippen molar-refractivity contribution in [1.82, 2.24) is 26.0 Å². The largest absolute Gasteiger partial charge is 0.464 e. The van der Waals surface area contributed by atoms with Gasteiger partial charge in [0.1, 0.15) is 6.04 Å². The van der Waals surface area contributed by atoms with Crippen LogP contribution in [-0.4, -0.2) is 59.2 Å². The molecule has 0 aliphatic heterocycles. The number of nitrogens with one attached hydrogen (secondary N) is 3. The van der Waals surface area contributed by atoms with Crippen molar-refractivity contribution in [2.45, 2.75) is 31.8 Å². The normalized spacial score (nSPS) is 12.3. The van der Waals surface area contributed by atoms with Crippen molar-refractivity contribution in [3.63, 3.8) is 0 Å². The third-order valence-electron chi connectivity index (χ3n) is 5.09. The van der Waals surface area contributed by atoms with Crippen molar-refractivity contribution in [2.24, 2.45) is 0 Å². The number of methoxy groups -OCH3 is 1. The molecule has 0 saturated heterocycles. The number of aromatic nitrogens is 3. The summed E-state index contributed by atoms with van der Waals surface area (Å²) in [6.07, 6.45) is 1.01. The van der Waals surface area contributed by atoms with Crippen molar-refractivity contribution < 1.29 is 23.9 Å². The minimum atomic E-state index is -1.02. The van der Waals surface area contributed by atoms with Crippen LogP contribution in [0.25, 0.3) is 11.1 Å². The van der Waals surface area contributed by atoms with Gasteiger partial charge < -0.3 is 20.1 Å². The van der Waals surface area contributed by atoms with Gasteiger partial charge in [-0.05, 0) is 36.5 Å². The van der Waals surface area contributed by atoms with Crippen molar-refractivity contribution in [2.75, 3.05) is 13.7 Å². The van der Waals surface area contributed by atoms with Gasteiger partial charge in [-0.2, -0.15) is 15.4 Å². The summed E-state index contributed by atoms with van der Waals surface area (Å²) in [6.45, 7) is 1.82. The smallest absolute Gasteiger partial charge is 0.407 e. The fraction of sp³-hybridized carbons (Fsp3) is 0.292. The number of H-pyrrole nitrogens is 1. The molecule has 0 aliphatic rings. The first-order valence-corrected chi connectivity index (χ1v) is 10.8. The second kappa shape index (κ2) is 12.1. The van der Waals surface area contributed by atoms with E-state index < -0.39 is 30.1 Å². The van der Waals surface area contributed by atoms with Crippen molar-refractivity contribution in [1.29, 1.82) is 0 Å². The number of amides is 2. The molecule has 0 aliphatic carbocycles. The highest BCUT2D eigenvalue weighted by Crippen LogP contribution is 2.20. The summed E-state index contributed by atoms with van der Waals surface area (Å²) >= 11 is 0. The number of alkyl carbamates (subject to hydrolysis) is 1. The molecule has 2 aromatic carbocycles. The highest BCUT2D eigenvalue weighted by atomic mass is 16.5. The van der Waals surface area contributed by atoms with Gasteiger partial charge >= 0.3 is 12.1 Å². The highest BCUT2D eigenvalue weighted by Gasteiger charge is 2.28. The molecule has 0 fully saturated rings. The summed E-state index contributed by atoms with van der Waals surface area (Å²) in [5, 5.41) is 15.2. The van der Waals surface area contributed by atoms with E-state index >= 15 is 0 Å². The van der Waals surface area contributed by atoms with Crippen LogP contribution < -0.4 is 10.6 Å². The first kappa shape index (κ1) is 24.4. The lowest BCUT2D eigenvalue weighted by atomic mass is 9.97. The molecule has 1 heterocycles. The SMILES string of the molecule is CCOC(=O)[C@@H](C[C@@H](Cc1ccc(-c2ccccc2)cc1)NC(=O)c1cn[nH]n1)NC(=O)OC. The Hall–Kier alpha value is -4.21. The van der Waals surface area contributed by atoms with Gasteiger partial charge in [0.2, 0.25) is 0 Å². The molecule has 0 bridgehead atoms. The number of hydrogen-bond acceptors (Lipinski definition) is 7. The summed E-state index contributed by atoms with van der Waals surface area (Å²) in [5.41, 5.74) is 3.20. The van der Waals surface area contributed by atoms with Gasteiger partial charge in [0.25, 0.3) is 5.91 Å². The average Bonchev–Trinajstić information content (AvgIpc) is 3.40. The van der Waals surface area contributed by atoms with E-state index in [1.807, 2.05) is 54.6 Å². The lowest BCUT2D eigenvalue weighted by Gasteiger charge is -2.24. The summed E-state index contributed by atoms with van der Waals surface area (Å²) in [5.74, 6) is -1.08. The molecule has 34 heavy (non-hydrogen) atoms. The van der Waals surface area contributed by atoms with E-state index in [0.29, 0.717) is 6.42 Å². The molecule has 3 rings (SSSR count). The Kier molecular flexibility index (Phi) is 8.73. The zero-order valence-electron chi connectivity index (χ0n) is 19.0. The fourth-order valence-electron chi connectivity index (χ4n) is 3.45. The Balaban J connectivity index is 1.79. The van der Waals surface area contributed by atoms with E-state index in [9.17, 15) is 14.4 Å². The molecule has 10 nitrogen and oxygen atoms in total. The Bertz CT molecular complexity index is 1070.